The van der Waals surface area contributed by atoms with Crippen LogP contribution in [0.2, 0.25) is 0 Å². The van der Waals surface area contributed by atoms with Gasteiger partial charge in [-0.1, -0.05) is 50.7 Å². The zero-order chi connectivity index (χ0) is 11.3. The molecule has 1 N–H and O–H groups in total. The molecule has 1 heterocycles. The van der Waals surface area contributed by atoms with Gasteiger partial charge in [-0.2, -0.15) is 0 Å². The van der Waals surface area contributed by atoms with Crippen LogP contribution in [0.15, 0.2) is 12.2 Å². The topological polar surface area (TPSA) is 21.3 Å². The van der Waals surface area contributed by atoms with E-state index < -0.39 is 0 Å². The maximum atomic E-state index is 5.52. The van der Waals surface area contributed by atoms with Crippen LogP contribution >= 0.6 is 0 Å². The van der Waals surface area contributed by atoms with E-state index in [1.54, 1.807) is 0 Å². The van der Waals surface area contributed by atoms with Crippen LogP contribution < -0.4 is 5.32 Å². The van der Waals surface area contributed by atoms with Crippen LogP contribution in [0.25, 0.3) is 0 Å². The Morgan fingerprint density at radius 1 is 0.750 bits per heavy atom. The second-order valence-corrected chi connectivity index (χ2v) is 4.58. The molecular weight excluding hydrogens is 198 g/mol. The molecule has 1 rings (SSSR count). The Morgan fingerprint density at radius 3 is 2.25 bits per heavy atom. The second-order valence-electron chi connectivity index (χ2n) is 4.58. The van der Waals surface area contributed by atoms with Crippen molar-refractivity contribution in [2.24, 2.45) is 0 Å². The molecule has 0 saturated carbocycles. The molecule has 0 amide bonds. The molecule has 94 valence electrons. The van der Waals surface area contributed by atoms with Crippen LogP contribution in [0.5, 0.6) is 0 Å². The quantitative estimate of drug-likeness (QED) is 0.639. The third-order valence-electron chi connectivity index (χ3n) is 3.04. The Bertz CT molecular complexity index is 150. The Kier molecular flexibility index (Phi) is 9.57. The van der Waals surface area contributed by atoms with E-state index in [1.807, 2.05) is 0 Å². The summed E-state index contributed by atoms with van der Waals surface area (Å²) in [6.45, 7) is 3.86. The number of rotatable bonds is 0. The van der Waals surface area contributed by atoms with E-state index >= 15 is 0 Å². The lowest BCUT2D eigenvalue weighted by Gasteiger charge is -2.05. The van der Waals surface area contributed by atoms with E-state index in [4.69, 9.17) is 4.74 Å². The third-order valence-corrected chi connectivity index (χ3v) is 3.04. The highest BCUT2D eigenvalue weighted by Gasteiger charge is 1.93. The molecule has 0 atom stereocenters. The molecule has 0 aromatic rings. The summed E-state index contributed by atoms with van der Waals surface area (Å²) >= 11 is 0. The van der Waals surface area contributed by atoms with E-state index in [1.165, 1.54) is 51.4 Å². The minimum atomic E-state index is 0.779. The van der Waals surface area contributed by atoms with Gasteiger partial charge in [0.1, 0.15) is 0 Å². The summed E-state index contributed by atoms with van der Waals surface area (Å²) in [6, 6.07) is 0. The molecule has 0 fully saturated rings. The first-order valence-electron chi connectivity index (χ1n) is 6.93. The molecular formula is C14H27NO. The number of nitrogens with one attached hydrogen (secondary N) is 1. The molecule has 0 aromatic heterocycles. The first-order chi connectivity index (χ1) is 8.00. The average molecular weight is 225 g/mol. The smallest absolute Gasteiger partial charge is 0.0647 e. The Labute approximate surface area is 100 Å². The minimum Gasteiger partial charge on any atom is -0.377 e. The van der Waals surface area contributed by atoms with Gasteiger partial charge in [-0.05, 0) is 19.4 Å². The van der Waals surface area contributed by atoms with Gasteiger partial charge in [0.2, 0.25) is 0 Å². The van der Waals surface area contributed by atoms with Gasteiger partial charge in [-0.15, -0.1) is 0 Å². The van der Waals surface area contributed by atoms with Crippen LogP contribution in [0.1, 0.15) is 51.4 Å². The monoisotopic (exact) mass is 225 g/mol. The van der Waals surface area contributed by atoms with E-state index in [0.29, 0.717) is 0 Å². The van der Waals surface area contributed by atoms with Gasteiger partial charge >= 0.3 is 0 Å². The van der Waals surface area contributed by atoms with Gasteiger partial charge in [0, 0.05) is 13.2 Å². The van der Waals surface area contributed by atoms with E-state index in [9.17, 15) is 0 Å². The maximum Gasteiger partial charge on any atom is 0.0647 e. The van der Waals surface area contributed by atoms with Crippen molar-refractivity contribution in [1.82, 2.24) is 5.32 Å². The number of hydrogen-bond acceptors (Lipinski definition) is 2. The van der Waals surface area contributed by atoms with Gasteiger partial charge < -0.3 is 10.1 Å². The number of hydrogen-bond donors (Lipinski definition) is 1. The largest absolute Gasteiger partial charge is 0.377 e. The highest BCUT2D eigenvalue weighted by atomic mass is 16.5. The van der Waals surface area contributed by atoms with Crippen molar-refractivity contribution < 1.29 is 4.74 Å². The van der Waals surface area contributed by atoms with Gasteiger partial charge in [-0.25, -0.2) is 0 Å². The van der Waals surface area contributed by atoms with Crippen molar-refractivity contribution in [3.63, 3.8) is 0 Å². The second kappa shape index (κ2) is 11.2. The standard InChI is InChI=1S/C14H27NO/c1-2-4-6-9-13-16-14-10-8-12-15-11-7-5-3-1/h8,10,15H,1-7,9,11-14H2/b10-8+. The van der Waals surface area contributed by atoms with E-state index in [0.717, 1.165) is 26.3 Å². The molecule has 2 nitrogen and oxygen atoms in total. The number of ether oxygens (including phenoxy) is 1. The fourth-order valence-electron chi connectivity index (χ4n) is 2.00. The van der Waals surface area contributed by atoms with E-state index in [-0.39, 0.29) is 0 Å². The SMILES string of the molecule is C1=C/COCCCCCCCCCCNC/1. The van der Waals surface area contributed by atoms with Crippen molar-refractivity contribution in [3.05, 3.63) is 12.2 Å². The molecule has 0 bridgehead atoms. The van der Waals surface area contributed by atoms with Crippen molar-refractivity contribution in [2.45, 2.75) is 51.4 Å². The Hall–Kier alpha value is -0.340. The lowest BCUT2D eigenvalue weighted by molar-refractivity contribution is 0.157. The molecule has 0 aliphatic carbocycles. The minimum absolute atomic E-state index is 0.779. The summed E-state index contributed by atoms with van der Waals surface area (Å²) in [4.78, 5) is 0. The fraction of sp³-hybridized carbons (Fsp3) is 0.857. The lowest BCUT2D eigenvalue weighted by Crippen LogP contribution is -2.15. The normalized spacial score (nSPS) is 25.0. The fourth-order valence-corrected chi connectivity index (χ4v) is 2.00. The first kappa shape index (κ1) is 13.7. The predicted molar refractivity (Wildman–Crippen MR) is 69.8 cm³/mol. The average Bonchev–Trinajstić information content (AvgIpc) is 2.29. The molecule has 1 aliphatic heterocycles. The zero-order valence-electron chi connectivity index (χ0n) is 10.5. The molecule has 0 saturated heterocycles. The Balaban J connectivity index is 2.07. The molecule has 0 aromatic carbocycles. The zero-order valence-corrected chi connectivity index (χ0v) is 10.5. The van der Waals surface area contributed by atoms with Gasteiger partial charge in [-0.3, -0.25) is 0 Å². The first-order valence-corrected chi connectivity index (χ1v) is 6.93. The summed E-state index contributed by atoms with van der Waals surface area (Å²) < 4.78 is 5.52. The van der Waals surface area contributed by atoms with Crippen molar-refractivity contribution in [1.29, 1.82) is 0 Å². The van der Waals surface area contributed by atoms with Crippen LogP contribution in [0.3, 0.4) is 0 Å². The van der Waals surface area contributed by atoms with Gasteiger partial charge in [0.25, 0.3) is 0 Å². The van der Waals surface area contributed by atoms with E-state index in [2.05, 4.69) is 17.5 Å². The summed E-state index contributed by atoms with van der Waals surface area (Å²) in [5, 5.41) is 3.42. The lowest BCUT2D eigenvalue weighted by atomic mass is 10.1. The van der Waals surface area contributed by atoms with Crippen LogP contribution in [0, 0.1) is 0 Å². The highest BCUT2D eigenvalue weighted by Crippen LogP contribution is 2.08. The van der Waals surface area contributed by atoms with Crippen LogP contribution in [-0.2, 0) is 4.74 Å². The van der Waals surface area contributed by atoms with Crippen molar-refractivity contribution >= 4 is 0 Å². The van der Waals surface area contributed by atoms with Crippen molar-refractivity contribution in [2.75, 3.05) is 26.3 Å². The molecule has 2 heteroatoms. The Morgan fingerprint density at radius 2 is 1.44 bits per heavy atom. The predicted octanol–water partition coefficient (Wildman–Crippen LogP) is 3.28. The highest BCUT2D eigenvalue weighted by molar-refractivity contribution is 4.83. The van der Waals surface area contributed by atoms with Gasteiger partial charge in [0.15, 0.2) is 0 Å². The molecule has 16 heavy (non-hydrogen) atoms. The summed E-state index contributed by atoms with van der Waals surface area (Å²) in [7, 11) is 0. The van der Waals surface area contributed by atoms with Crippen molar-refractivity contribution in [3.8, 4) is 0 Å². The molecule has 0 radical (unpaired) electrons. The van der Waals surface area contributed by atoms with Gasteiger partial charge in [0.05, 0.1) is 6.61 Å². The molecule has 0 spiro atoms. The third kappa shape index (κ3) is 8.93. The van der Waals surface area contributed by atoms with Crippen LogP contribution in [-0.4, -0.2) is 26.3 Å². The molecule has 1 aliphatic rings. The molecule has 0 unspecified atom stereocenters. The summed E-state index contributed by atoms with van der Waals surface area (Å²) in [5.74, 6) is 0. The van der Waals surface area contributed by atoms with Crippen LogP contribution in [0.4, 0.5) is 0 Å². The maximum absolute atomic E-state index is 5.52. The summed E-state index contributed by atoms with van der Waals surface area (Å²) in [6.07, 6.45) is 15.2. The summed E-state index contributed by atoms with van der Waals surface area (Å²) in [5.41, 5.74) is 0.